The van der Waals surface area contributed by atoms with Gasteiger partial charge in [-0.15, -0.1) is 0 Å². The number of hydrogen-bond acceptors (Lipinski definition) is 3. The fourth-order valence-electron chi connectivity index (χ4n) is 2.59. The predicted octanol–water partition coefficient (Wildman–Crippen LogP) is 4.54. The third kappa shape index (κ3) is 3.94. The molecule has 1 N–H and O–H groups in total. The molecule has 0 unspecified atom stereocenters. The molecule has 140 valence electrons. The topological polar surface area (TPSA) is 56.1 Å². The zero-order valence-corrected chi connectivity index (χ0v) is 14.3. The van der Waals surface area contributed by atoms with Crippen LogP contribution in [0.3, 0.4) is 0 Å². The zero-order chi connectivity index (χ0) is 19.4. The Morgan fingerprint density at radius 1 is 1.11 bits per heavy atom. The minimum atomic E-state index is -4.77. The summed E-state index contributed by atoms with van der Waals surface area (Å²) in [6.45, 7) is 2.12. The number of anilines is 1. The molecule has 0 aliphatic rings. The van der Waals surface area contributed by atoms with Gasteiger partial charge in [0, 0.05) is 0 Å². The first-order chi connectivity index (χ1) is 12.9. The van der Waals surface area contributed by atoms with Crippen LogP contribution in [-0.2, 0) is 6.18 Å². The lowest BCUT2D eigenvalue weighted by atomic mass is 10.2. The molecule has 0 bridgehead atoms. The van der Waals surface area contributed by atoms with E-state index in [0.29, 0.717) is 17.0 Å². The van der Waals surface area contributed by atoms with Crippen molar-refractivity contribution in [1.29, 1.82) is 0 Å². The van der Waals surface area contributed by atoms with Crippen molar-refractivity contribution >= 4 is 11.6 Å². The Morgan fingerprint density at radius 2 is 1.78 bits per heavy atom. The number of carbonyl (C=O) groups excluding carboxylic acids is 1. The van der Waals surface area contributed by atoms with Crippen molar-refractivity contribution in [1.82, 2.24) is 9.78 Å². The number of halogens is 3. The minimum absolute atomic E-state index is 0.207. The summed E-state index contributed by atoms with van der Waals surface area (Å²) in [5, 5.41) is 6.25. The van der Waals surface area contributed by atoms with Crippen molar-refractivity contribution in [2.75, 3.05) is 11.9 Å². The summed E-state index contributed by atoms with van der Waals surface area (Å²) in [5.74, 6) is -0.547. The largest absolute Gasteiger partial charge is 0.492 e. The van der Waals surface area contributed by atoms with E-state index in [9.17, 15) is 18.0 Å². The molecule has 3 rings (SSSR count). The highest BCUT2D eigenvalue weighted by molar-refractivity contribution is 6.05. The fraction of sp³-hybridized carbons (Fsp3) is 0.158. The van der Waals surface area contributed by atoms with Crippen LogP contribution in [0, 0.1) is 0 Å². The van der Waals surface area contributed by atoms with E-state index in [1.54, 1.807) is 49.4 Å². The van der Waals surface area contributed by atoms with E-state index in [-0.39, 0.29) is 11.4 Å². The standard InChI is InChI=1S/C19H16F3N3O2/c1-2-27-16-11-7-6-10-15(16)24-18(26)14-12-23-25(17(14)19(20,21)22)13-8-4-3-5-9-13/h3-12H,2H2,1H3,(H,24,26). The Hall–Kier alpha value is -3.29. The van der Waals surface area contributed by atoms with Gasteiger partial charge in [0.15, 0.2) is 5.69 Å². The van der Waals surface area contributed by atoms with Gasteiger partial charge in [-0.3, -0.25) is 4.79 Å². The molecule has 0 saturated heterocycles. The van der Waals surface area contributed by atoms with Crippen LogP contribution in [0.5, 0.6) is 5.75 Å². The van der Waals surface area contributed by atoms with Crippen LogP contribution >= 0.6 is 0 Å². The van der Waals surface area contributed by atoms with E-state index in [0.717, 1.165) is 6.20 Å². The highest BCUT2D eigenvalue weighted by Crippen LogP contribution is 2.34. The summed E-state index contributed by atoms with van der Waals surface area (Å²) in [6, 6.07) is 14.4. The normalized spacial score (nSPS) is 11.3. The molecule has 0 spiro atoms. The van der Waals surface area contributed by atoms with Gasteiger partial charge < -0.3 is 10.1 Å². The molecule has 2 aromatic carbocycles. The second-order valence-electron chi connectivity index (χ2n) is 5.54. The Morgan fingerprint density at radius 3 is 2.44 bits per heavy atom. The highest BCUT2D eigenvalue weighted by atomic mass is 19.4. The molecule has 27 heavy (non-hydrogen) atoms. The van der Waals surface area contributed by atoms with E-state index in [1.165, 1.54) is 12.1 Å². The molecule has 0 saturated carbocycles. The minimum Gasteiger partial charge on any atom is -0.492 e. The number of aromatic nitrogens is 2. The van der Waals surface area contributed by atoms with Gasteiger partial charge in [0.2, 0.25) is 0 Å². The molecule has 5 nitrogen and oxygen atoms in total. The van der Waals surface area contributed by atoms with E-state index in [2.05, 4.69) is 10.4 Å². The van der Waals surface area contributed by atoms with Gasteiger partial charge in [0.05, 0.1) is 29.7 Å². The Labute approximate surface area is 153 Å². The number of amides is 1. The quantitative estimate of drug-likeness (QED) is 0.712. The number of para-hydroxylation sites is 3. The summed E-state index contributed by atoms with van der Waals surface area (Å²) in [4.78, 5) is 12.6. The second-order valence-corrected chi connectivity index (χ2v) is 5.54. The van der Waals surface area contributed by atoms with Crippen LogP contribution in [0.4, 0.5) is 18.9 Å². The summed E-state index contributed by atoms with van der Waals surface area (Å²) in [6.07, 6.45) is -3.85. The lowest BCUT2D eigenvalue weighted by Crippen LogP contribution is -2.21. The van der Waals surface area contributed by atoms with E-state index >= 15 is 0 Å². The lowest BCUT2D eigenvalue weighted by molar-refractivity contribution is -0.143. The maximum atomic E-state index is 13.7. The molecule has 3 aromatic rings. The van der Waals surface area contributed by atoms with Crippen LogP contribution in [0.1, 0.15) is 23.0 Å². The molecule has 0 aliphatic heterocycles. The Kier molecular flexibility index (Phi) is 5.16. The molecule has 1 heterocycles. The van der Waals surface area contributed by atoms with Crippen molar-refractivity contribution < 1.29 is 22.7 Å². The van der Waals surface area contributed by atoms with E-state index in [1.807, 2.05) is 0 Å². The molecule has 1 amide bonds. The van der Waals surface area contributed by atoms with Gasteiger partial charge in [-0.1, -0.05) is 30.3 Å². The first kappa shape index (κ1) is 18.5. The second kappa shape index (κ2) is 7.53. The number of benzene rings is 2. The molecular weight excluding hydrogens is 359 g/mol. The monoisotopic (exact) mass is 375 g/mol. The number of rotatable bonds is 5. The smallest absolute Gasteiger partial charge is 0.434 e. The van der Waals surface area contributed by atoms with Crippen LogP contribution < -0.4 is 10.1 Å². The van der Waals surface area contributed by atoms with E-state index < -0.39 is 23.3 Å². The van der Waals surface area contributed by atoms with Crippen molar-refractivity contribution in [3.05, 3.63) is 72.1 Å². The van der Waals surface area contributed by atoms with Crippen LogP contribution in [0.15, 0.2) is 60.8 Å². The van der Waals surface area contributed by atoms with Gasteiger partial charge >= 0.3 is 6.18 Å². The molecular formula is C19H16F3N3O2. The van der Waals surface area contributed by atoms with Gasteiger partial charge in [0.1, 0.15) is 5.75 Å². The first-order valence-electron chi connectivity index (χ1n) is 8.15. The molecule has 0 fully saturated rings. The maximum absolute atomic E-state index is 13.7. The van der Waals surface area contributed by atoms with Crippen LogP contribution in [-0.4, -0.2) is 22.3 Å². The molecule has 0 atom stereocenters. The predicted molar refractivity (Wildman–Crippen MR) is 94.1 cm³/mol. The van der Waals surface area contributed by atoms with Crippen molar-refractivity contribution in [3.63, 3.8) is 0 Å². The van der Waals surface area contributed by atoms with Crippen molar-refractivity contribution in [2.24, 2.45) is 0 Å². The van der Waals surface area contributed by atoms with Crippen LogP contribution in [0.2, 0.25) is 0 Å². The SMILES string of the molecule is CCOc1ccccc1NC(=O)c1cnn(-c2ccccc2)c1C(F)(F)F. The fourth-order valence-corrected chi connectivity index (χ4v) is 2.59. The van der Waals surface area contributed by atoms with Gasteiger partial charge in [0.25, 0.3) is 5.91 Å². The summed E-state index contributed by atoms with van der Waals surface area (Å²) in [5.41, 5.74) is -1.22. The molecule has 1 aromatic heterocycles. The van der Waals surface area contributed by atoms with Crippen molar-refractivity contribution in [3.8, 4) is 11.4 Å². The van der Waals surface area contributed by atoms with Gasteiger partial charge in [-0.05, 0) is 31.2 Å². The van der Waals surface area contributed by atoms with Gasteiger partial charge in [-0.2, -0.15) is 18.3 Å². The summed E-state index contributed by atoms with van der Waals surface area (Å²) in [7, 11) is 0. The maximum Gasteiger partial charge on any atom is 0.434 e. The number of hydrogen-bond donors (Lipinski definition) is 1. The molecule has 8 heteroatoms. The van der Waals surface area contributed by atoms with Crippen molar-refractivity contribution in [2.45, 2.75) is 13.1 Å². The number of nitrogens with one attached hydrogen (secondary N) is 1. The summed E-state index contributed by atoms with van der Waals surface area (Å²) < 4.78 is 47.1. The molecule has 0 aliphatic carbocycles. The number of nitrogens with zero attached hydrogens (tertiary/aromatic N) is 2. The van der Waals surface area contributed by atoms with Gasteiger partial charge in [-0.25, -0.2) is 4.68 Å². The molecule has 0 radical (unpaired) electrons. The number of ether oxygens (including phenoxy) is 1. The Bertz CT molecular complexity index is 937. The summed E-state index contributed by atoms with van der Waals surface area (Å²) >= 11 is 0. The number of alkyl halides is 3. The first-order valence-corrected chi connectivity index (χ1v) is 8.15. The van der Waals surface area contributed by atoms with E-state index in [4.69, 9.17) is 4.74 Å². The highest BCUT2D eigenvalue weighted by Gasteiger charge is 2.40. The third-order valence-corrected chi connectivity index (χ3v) is 3.72. The number of carbonyl (C=O) groups is 1. The average molecular weight is 375 g/mol. The Balaban J connectivity index is 2.00. The lowest BCUT2D eigenvalue weighted by Gasteiger charge is -2.14. The third-order valence-electron chi connectivity index (χ3n) is 3.72. The van der Waals surface area contributed by atoms with Crippen LogP contribution in [0.25, 0.3) is 5.69 Å². The average Bonchev–Trinajstić information content (AvgIpc) is 3.10. The zero-order valence-electron chi connectivity index (χ0n) is 14.3.